The maximum Gasteiger partial charge on any atom is 0.101 e. The van der Waals surface area contributed by atoms with E-state index < -0.39 is 0 Å². The van der Waals surface area contributed by atoms with Crippen LogP contribution >= 0.6 is 11.6 Å². The number of nitrogens with one attached hydrogen (secondary N) is 1. The largest absolute Gasteiger partial charge is 0.384 e. The van der Waals surface area contributed by atoms with E-state index in [0.29, 0.717) is 17.2 Å². The molecule has 2 rings (SSSR count). The number of hydrogen-bond donors (Lipinski definition) is 1. The lowest BCUT2D eigenvalue weighted by molar-refractivity contribution is 0.202. The van der Waals surface area contributed by atoms with Crippen LogP contribution in [-0.2, 0) is 11.2 Å². The summed E-state index contributed by atoms with van der Waals surface area (Å²) in [4.78, 5) is 0. The van der Waals surface area contributed by atoms with Crippen LogP contribution in [-0.4, -0.2) is 13.7 Å². The third-order valence-corrected chi connectivity index (χ3v) is 3.20. The SMILES string of the molecule is COCCc1ccccc1Nc1ccc(Cl)cc1C#N. The highest BCUT2D eigenvalue weighted by Crippen LogP contribution is 2.26. The van der Waals surface area contributed by atoms with Crippen LogP contribution in [0.15, 0.2) is 42.5 Å². The third-order valence-electron chi connectivity index (χ3n) is 2.96. The van der Waals surface area contributed by atoms with Gasteiger partial charge in [0, 0.05) is 17.8 Å². The Morgan fingerprint density at radius 2 is 2.00 bits per heavy atom. The molecule has 0 heterocycles. The first-order chi connectivity index (χ1) is 9.74. The molecule has 20 heavy (non-hydrogen) atoms. The molecule has 0 spiro atoms. The Morgan fingerprint density at radius 1 is 1.20 bits per heavy atom. The average molecular weight is 287 g/mol. The van der Waals surface area contributed by atoms with Crippen LogP contribution in [0, 0.1) is 11.3 Å². The maximum atomic E-state index is 9.16. The first-order valence-electron chi connectivity index (χ1n) is 6.28. The summed E-state index contributed by atoms with van der Waals surface area (Å²) in [6.07, 6.45) is 0.815. The van der Waals surface area contributed by atoms with E-state index in [9.17, 15) is 0 Å². The molecule has 3 nitrogen and oxygen atoms in total. The van der Waals surface area contributed by atoms with Crippen LogP contribution in [0.1, 0.15) is 11.1 Å². The lowest BCUT2D eigenvalue weighted by Crippen LogP contribution is -2.01. The van der Waals surface area contributed by atoms with Gasteiger partial charge in [0.05, 0.1) is 17.9 Å². The summed E-state index contributed by atoms with van der Waals surface area (Å²) in [7, 11) is 1.68. The molecule has 0 saturated carbocycles. The Bertz CT molecular complexity index is 635. The Hall–Kier alpha value is -2.02. The van der Waals surface area contributed by atoms with Gasteiger partial charge in [0.2, 0.25) is 0 Å². The fraction of sp³-hybridized carbons (Fsp3) is 0.188. The van der Waals surface area contributed by atoms with E-state index in [4.69, 9.17) is 21.6 Å². The summed E-state index contributed by atoms with van der Waals surface area (Å²) in [6, 6.07) is 15.4. The molecule has 2 aromatic rings. The number of nitriles is 1. The van der Waals surface area contributed by atoms with Crippen molar-refractivity contribution < 1.29 is 4.74 Å². The van der Waals surface area contributed by atoms with Crippen molar-refractivity contribution in [3.8, 4) is 6.07 Å². The summed E-state index contributed by atoms with van der Waals surface area (Å²) in [6.45, 7) is 0.657. The highest BCUT2D eigenvalue weighted by atomic mass is 35.5. The molecule has 0 unspecified atom stereocenters. The van der Waals surface area contributed by atoms with Gasteiger partial charge < -0.3 is 10.1 Å². The van der Waals surface area contributed by atoms with Gasteiger partial charge in [-0.25, -0.2) is 0 Å². The minimum atomic E-state index is 0.527. The van der Waals surface area contributed by atoms with Gasteiger partial charge in [-0.1, -0.05) is 29.8 Å². The van der Waals surface area contributed by atoms with E-state index in [-0.39, 0.29) is 0 Å². The highest BCUT2D eigenvalue weighted by Gasteiger charge is 2.06. The summed E-state index contributed by atoms with van der Waals surface area (Å²) >= 11 is 5.90. The summed E-state index contributed by atoms with van der Waals surface area (Å²) < 4.78 is 5.11. The number of methoxy groups -OCH3 is 1. The van der Waals surface area contributed by atoms with Crippen molar-refractivity contribution in [2.45, 2.75) is 6.42 Å². The molecular formula is C16H15ClN2O. The van der Waals surface area contributed by atoms with E-state index in [2.05, 4.69) is 11.4 Å². The van der Waals surface area contributed by atoms with Crippen molar-refractivity contribution >= 4 is 23.0 Å². The van der Waals surface area contributed by atoms with Crippen molar-refractivity contribution in [1.29, 1.82) is 5.26 Å². The first-order valence-corrected chi connectivity index (χ1v) is 6.66. The van der Waals surface area contributed by atoms with Crippen LogP contribution in [0.3, 0.4) is 0 Å². The van der Waals surface area contributed by atoms with Crippen molar-refractivity contribution in [3.05, 3.63) is 58.6 Å². The first kappa shape index (κ1) is 14.4. The Balaban J connectivity index is 2.28. The lowest BCUT2D eigenvalue weighted by atomic mass is 10.1. The molecule has 0 amide bonds. The average Bonchev–Trinajstić information content (AvgIpc) is 2.48. The van der Waals surface area contributed by atoms with E-state index in [1.807, 2.05) is 30.3 Å². The zero-order chi connectivity index (χ0) is 14.4. The molecule has 0 fully saturated rings. The molecular weight excluding hydrogens is 272 g/mol. The molecule has 102 valence electrons. The highest BCUT2D eigenvalue weighted by molar-refractivity contribution is 6.30. The molecule has 0 aromatic heterocycles. The smallest absolute Gasteiger partial charge is 0.101 e. The van der Waals surface area contributed by atoms with Gasteiger partial charge in [0.15, 0.2) is 0 Å². The van der Waals surface area contributed by atoms with E-state index in [1.165, 1.54) is 0 Å². The predicted molar refractivity (Wildman–Crippen MR) is 81.5 cm³/mol. The fourth-order valence-electron chi connectivity index (χ4n) is 1.94. The Labute approximate surface area is 123 Å². The molecule has 4 heteroatoms. The summed E-state index contributed by atoms with van der Waals surface area (Å²) in [5, 5.41) is 13.0. The van der Waals surface area contributed by atoms with Crippen LogP contribution in [0.2, 0.25) is 5.02 Å². The van der Waals surface area contributed by atoms with E-state index in [1.54, 1.807) is 19.2 Å². The van der Waals surface area contributed by atoms with Gasteiger partial charge >= 0.3 is 0 Å². The predicted octanol–water partition coefficient (Wildman–Crippen LogP) is 4.14. The van der Waals surface area contributed by atoms with Gasteiger partial charge in [-0.15, -0.1) is 0 Å². The van der Waals surface area contributed by atoms with Gasteiger partial charge in [-0.05, 0) is 36.2 Å². The van der Waals surface area contributed by atoms with Crippen LogP contribution < -0.4 is 5.32 Å². The quantitative estimate of drug-likeness (QED) is 0.898. The van der Waals surface area contributed by atoms with Gasteiger partial charge in [0.1, 0.15) is 6.07 Å². The van der Waals surface area contributed by atoms with E-state index >= 15 is 0 Å². The molecule has 0 aliphatic heterocycles. The number of nitrogens with zero attached hydrogens (tertiary/aromatic N) is 1. The van der Waals surface area contributed by atoms with E-state index in [0.717, 1.165) is 23.4 Å². The standard InChI is InChI=1S/C16H15ClN2O/c1-20-9-8-12-4-2-3-5-15(12)19-16-7-6-14(17)10-13(16)11-18/h2-7,10,19H,8-9H2,1H3. The number of anilines is 2. The molecule has 0 bridgehead atoms. The number of benzene rings is 2. The number of hydrogen-bond acceptors (Lipinski definition) is 3. The van der Waals surface area contributed by atoms with Gasteiger partial charge in [-0.3, -0.25) is 0 Å². The monoisotopic (exact) mass is 286 g/mol. The number of rotatable bonds is 5. The molecule has 0 aliphatic carbocycles. The Kier molecular flexibility index (Phi) is 5.00. The number of ether oxygens (including phenoxy) is 1. The zero-order valence-electron chi connectivity index (χ0n) is 11.2. The minimum Gasteiger partial charge on any atom is -0.384 e. The third kappa shape index (κ3) is 3.51. The minimum absolute atomic E-state index is 0.527. The van der Waals surface area contributed by atoms with Crippen molar-refractivity contribution in [2.24, 2.45) is 0 Å². The molecule has 0 aliphatic rings. The lowest BCUT2D eigenvalue weighted by Gasteiger charge is -2.13. The molecule has 0 radical (unpaired) electrons. The normalized spacial score (nSPS) is 10.1. The van der Waals surface area contributed by atoms with Crippen LogP contribution in [0.5, 0.6) is 0 Å². The second kappa shape index (κ2) is 6.95. The fourth-order valence-corrected chi connectivity index (χ4v) is 2.11. The topological polar surface area (TPSA) is 45.0 Å². The maximum absolute atomic E-state index is 9.16. The van der Waals surface area contributed by atoms with Crippen molar-refractivity contribution in [2.75, 3.05) is 19.0 Å². The zero-order valence-corrected chi connectivity index (χ0v) is 11.9. The van der Waals surface area contributed by atoms with Crippen LogP contribution in [0.4, 0.5) is 11.4 Å². The number of para-hydroxylation sites is 1. The second-order valence-electron chi connectivity index (χ2n) is 4.33. The molecule has 0 atom stereocenters. The Morgan fingerprint density at radius 3 is 2.75 bits per heavy atom. The molecule has 1 N–H and O–H groups in total. The van der Waals surface area contributed by atoms with Gasteiger partial charge in [-0.2, -0.15) is 5.26 Å². The van der Waals surface area contributed by atoms with Crippen LogP contribution in [0.25, 0.3) is 0 Å². The van der Waals surface area contributed by atoms with Crippen molar-refractivity contribution in [1.82, 2.24) is 0 Å². The summed E-state index contributed by atoms with van der Waals surface area (Å²) in [5.41, 5.74) is 3.40. The van der Waals surface area contributed by atoms with Gasteiger partial charge in [0.25, 0.3) is 0 Å². The second-order valence-corrected chi connectivity index (χ2v) is 4.76. The number of halogens is 1. The summed E-state index contributed by atoms with van der Waals surface area (Å²) in [5.74, 6) is 0. The molecule has 0 saturated heterocycles. The van der Waals surface area contributed by atoms with Crippen molar-refractivity contribution in [3.63, 3.8) is 0 Å². The molecule has 2 aromatic carbocycles.